The van der Waals surface area contributed by atoms with Crippen molar-refractivity contribution in [3.8, 4) is 0 Å². The summed E-state index contributed by atoms with van der Waals surface area (Å²) in [5.74, 6) is 0.518. The lowest BCUT2D eigenvalue weighted by Crippen LogP contribution is -2.32. The molecule has 4 nitrogen and oxygen atoms in total. The third kappa shape index (κ3) is 3.37. The van der Waals surface area contributed by atoms with Gasteiger partial charge in [-0.2, -0.15) is 0 Å². The third-order valence-corrected chi connectivity index (χ3v) is 6.87. The minimum absolute atomic E-state index is 0.0616. The van der Waals surface area contributed by atoms with Crippen LogP contribution in [0.25, 0.3) is 10.9 Å². The van der Waals surface area contributed by atoms with Gasteiger partial charge in [0.1, 0.15) is 5.15 Å². The first-order valence-corrected chi connectivity index (χ1v) is 9.93. The van der Waals surface area contributed by atoms with Crippen molar-refractivity contribution in [1.29, 1.82) is 0 Å². The molecule has 0 saturated carbocycles. The van der Waals surface area contributed by atoms with Crippen molar-refractivity contribution in [3.05, 3.63) is 40.0 Å². The molecule has 6 heteroatoms. The largest absolute Gasteiger partial charge is 0.298 e. The smallest absolute Gasteiger partial charge is 0.151 e. The molecule has 2 heterocycles. The molecular weight excluding hydrogens is 332 g/mol. The fourth-order valence-electron chi connectivity index (χ4n) is 3.14. The van der Waals surface area contributed by atoms with Gasteiger partial charge >= 0.3 is 0 Å². The number of nitrogens with zero attached hydrogens (tertiary/aromatic N) is 2. The van der Waals surface area contributed by atoms with Crippen LogP contribution in [0, 0.1) is 13.8 Å². The molecule has 1 saturated heterocycles. The average molecular weight is 353 g/mol. The van der Waals surface area contributed by atoms with Gasteiger partial charge in [0.2, 0.25) is 0 Å². The highest BCUT2D eigenvalue weighted by Gasteiger charge is 2.30. The van der Waals surface area contributed by atoms with Crippen LogP contribution in [-0.2, 0) is 16.4 Å². The van der Waals surface area contributed by atoms with Gasteiger partial charge in [-0.1, -0.05) is 23.7 Å². The van der Waals surface area contributed by atoms with E-state index in [2.05, 4.69) is 41.9 Å². The molecule has 0 unspecified atom stereocenters. The fourth-order valence-corrected chi connectivity index (χ4v) is 5.14. The van der Waals surface area contributed by atoms with Crippen LogP contribution in [-0.4, -0.2) is 42.9 Å². The Morgan fingerprint density at radius 2 is 2.09 bits per heavy atom. The number of hydrogen-bond acceptors (Lipinski definition) is 4. The third-order valence-electron chi connectivity index (χ3n) is 4.79. The van der Waals surface area contributed by atoms with Gasteiger partial charge in [0.25, 0.3) is 0 Å². The molecule has 0 bridgehead atoms. The van der Waals surface area contributed by atoms with Crippen LogP contribution in [0.1, 0.15) is 23.1 Å². The lowest BCUT2D eigenvalue weighted by molar-refractivity contribution is 0.254. The van der Waals surface area contributed by atoms with Crippen LogP contribution in [0.2, 0.25) is 5.15 Å². The first-order valence-electron chi connectivity index (χ1n) is 7.73. The zero-order valence-corrected chi connectivity index (χ0v) is 15.2. The Bertz CT molecular complexity index is 865. The predicted molar refractivity (Wildman–Crippen MR) is 94.8 cm³/mol. The van der Waals surface area contributed by atoms with Crippen molar-refractivity contribution >= 4 is 32.3 Å². The minimum atomic E-state index is -2.88. The fraction of sp³-hybridized carbons (Fsp3) is 0.471. The van der Waals surface area contributed by atoms with Gasteiger partial charge in [0.05, 0.1) is 17.0 Å². The van der Waals surface area contributed by atoms with E-state index in [1.165, 1.54) is 5.56 Å². The Morgan fingerprint density at radius 1 is 1.35 bits per heavy atom. The number of rotatable bonds is 3. The van der Waals surface area contributed by atoms with Crippen LogP contribution < -0.4 is 0 Å². The maximum absolute atomic E-state index is 11.6. The molecule has 23 heavy (non-hydrogen) atoms. The second-order valence-electron chi connectivity index (χ2n) is 6.49. The minimum Gasteiger partial charge on any atom is -0.298 e. The molecule has 0 aliphatic carbocycles. The van der Waals surface area contributed by atoms with Crippen molar-refractivity contribution in [2.24, 2.45) is 0 Å². The quantitative estimate of drug-likeness (QED) is 0.796. The van der Waals surface area contributed by atoms with Crippen molar-refractivity contribution < 1.29 is 8.42 Å². The van der Waals surface area contributed by atoms with E-state index in [-0.39, 0.29) is 17.5 Å². The van der Waals surface area contributed by atoms with Gasteiger partial charge in [0.15, 0.2) is 9.84 Å². The summed E-state index contributed by atoms with van der Waals surface area (Å²) in [4.78, 5) is 6.63. The number of fused-ring (bicyclic) bond motifs is 1. The van der Waals surface area contributed by atoms with E-state index in [9.17, 15) is 8.42 Å². The molecule has 3 rings (SSSR count). The standard InChI is InChI=1S/C17H21ClN2O2S/c1-11-4-5-13-8-14(17(18)19-16(13)12(11)2)9-20(3)15-6-7-23(21,22)10-15/h4-5,8,15H,6-7,9-10H2,1-3H3/t15-/m1/s1. The number of aryl methyl sites for hydroxylation is 2. The highest BCUT2D eigenvalue weighted by atomic mass is 35.5. The van der Waals surface area contributed by atoms with E-state index in [0.717, 1.165) is 22.0 Å². The van der Waals surface area contributed by atoms with E-state index in [4.69, 9.17) is 11.6 Å². The number of hydrogen-bond donors (Lipinski definition) is 0. The average Bonchev–Trinajstić information content (AvgIpc) is 2.85. The number of halogens is 1. The first-order chi connectivity index (χ1) is 10.8. The molecule has 1 aromatic carbocycles. The van der Waals surface area contributed by atoms with Crippen molar-refractivity contribution in [1.82, 2.24) is 9.88 Å². The van der Waals surface area contributed by atoms with E-state index < -0.39 is 9.84 Å². The van der Waals surface area contributed by atoms with E-state index in [1.54, 1.807) is 0 Å². The molecular formula is C17H21ClN2O2S. The molecule has 2 aromatic rings. The van der Waals surface area contributed by atoms with Gasteiger partial charge in [-0.05, 0) is 44.5 Å². The van der Waals surface area contributed by atoms with Gasteiger partial charge in [-0.25, -0.2) is 13.4 Å². The molecule has 124 valence electrons. The number of sulfone groups is 1. The summed E-state index contributed by atoms with van der Waals surface area (Å²) in [6.07, 6.45) is 0.690. The lowest BCUT2D eigenvalue weighted by atomic mass is 10.0. The summed E-state index contributed by atoms with van der Waals surface area (Å²) < 4.78 is 23.3. The summed E-state index contributed by atoms with van der Waals surface area (Å²) in [7, 11) is -0.927. The van der Waals surface area contributed by atoms with Crippen molar-refractivity contribution in [2.45, 2.75) is 32.9 Å². The Balaban J connectivity index is 1.88. The molecule has 0 spiro atoms. The molecule has 1 aromatic heterocycles. The van der Waals surface area contributed by atoms with Crippen LogP contribution >= 0.6 is 11.6 Å². The van der Waals surface area contributed by atoms with E-state index in [1.807, 2.05) is 7.05 Å². The van der Waals surface area contributed by atoms with Gasteiger partial charge < -0.3 is 0 Å². The van der Waals surface area contributed by atoms with Crippen molar-refractivity contribution in [2.75, 3.05) is 18.6 Å². The normalized spacial score (nSPS) is 20.5. The highest BCUT2D eigenvalue weighted by molar-refractivity contribution is 7.91. The number of pyridine rings is 1. The molecule has 1 aliphatic heterocycles. The highest BCUT2D eigenvalue weighted by Crippen LogP contribution is 2.27. The monoisotopic (exact) mass is 352 g/mol. The Kier molecular flexibility index (Phi) is 4.38. The maximum Gasteiger partial charge on any atom is 0.151 e. The van der Waals surface area contributed by atoms with Crippen LogP contribution in [0.3, 0.4) is 0 Å². The van der Waals surface area contributed by atoms with Gasteiger partial charge in [-0.15, -0.1) is 0 Å². The van der Waals surface area contributed by atoms with Crippen molar-refractivity contribution in [3.63, 3.8) is 0 Å². The SMILES string of the molecule is Cc1ccc2cc(CN(C)[C@@H]3CCS(=O)(=O)C3)c(Cl)nc2c1C. The summed E-state index contributed by atoms with van der Waals surface area (Å²) in [6, 6.07) is 6.28. The van der Waals surface area contributed by atoms with Crippen LogP contribution in [0.15, 0.2) is 18.2 Å². The second-order valence-corrected chi connectivity index (χ2v) is 9.08. The van der Waals surface area contributed by atoms with Crippen LogP contribution in [0.5, 0.6) is 0 Å². The number of aromatic nitrogens is 1. The maximum atomic E-state index is 11.6. The summed E-state index contributed by atoms with van der Waals surface area (Å²) in [6.45, 7) is 4.72. The lowest BCUT2D eigenvalue weighted by Gasteiger charge is -2.23. The Hall–Kier alpha value is -1.17. The number of benzene rings is 1. The molecule has 1 aliphatic rings. The molecule has 1 fully saturated rings. The zero-order valence-electron chi connectivity index (χ0n) is 13.6. The van der Waals surface area contributed by atoms with Crippen LogP contribution in [0.4, 0.5) is 0 Å². The van der Waals surface area contributed by atoms with Gasteiger partial charge in [0, 0.05) is 23.5 Å². The first kappa shape index (κ1) is 16.7. The predicted octanol–water partition coefficient (Wildman–Crippen LogP) is 3.12. The Labute approximate surface area is 142 Å². The molecule has 0 radical (unpaired) electrons. The zero-order chi connectivity index (χ0) is 16.8. The molecule has 0 N–H and O–H groups in total. The topological polar surface area (TPSA) is 50.3 Å². The summed E-state index contributed by atoms with van der Waals surface area (Å²) >= 11 is 6.38. The summed E-state index contributed by atoms with van der Waals surface area (Å²) in [5, 5.41) is 1.57. The second kappa shape index (κ2) is 6.04. The van der Waals surface area contributed by atoms with E-state index in [0.29, 0.717) is 18.1 Å². The molecule has 1 atom stereocenters. The van der Waals surface area contributed by atoms with Gasteiger partial charge in [-0.3, -0.25) is 4.90 Å². The Morgan fingerprint density at radius 3 is 2.74 bits per heavy atom. The summed E-state index contributed by atoms with van der Waals surface area (Å²) in [5.41, 5.74) is 4.22. The van der Waals surface area contributed by atoms with E-state index >= 15 is 0 Å². The molecule has 0 amide bonds.